The van der Waals surface area contributed by atoms with Crippen molar-refractivity contribution in [3.63, 3.8) is 0 Å². The summed E-state index contributed by atoms with van der Waals surface area (Å²) in [5.41, 5.74) is 0. The fourth-order valence-electron chi connectivity index (χ4n) is 0.0940. The van der Waals surface area contributed by atoms with Gasteiger partial charge in [-0.2, -0.15) is 8.42 Å². The molecule has 2 unspecified atom stereocenters. The molecule has 2 atom stereocenters. The summed E-state index contributed by atoms with van der Waals surface area (Å²) in [7, 11) is 0. The van der Waals surface area contributed by atoms with Crippen molar-refractivity contribution in [3.8, 4) is 0 Å². The van der Waals surface area contributed by atoms with Crippen molar-refractivity contribution >= 4 is 22.7 Å². The maximum absolute atomic E-state index is 10.0. The van der Waals surface area contributed by atoms with E-state index in [0.717, 1.165) is 0 Å². The van der Waals surface area contributed by atoms with Crippen molar-refractivity contribution < 1.29 is 36.3 Å². The van der Waals surface area contributed by atoms with E-state index in [2.05, 4.69) is 17.3 Å². The zero-order valence-electron chi connectivity index (χ0n) is 4.16. The lowest BCUT2D eigenvalue weighted by molar-refractivity contribution is -0.436. The first kappa shape index (κ1) is 10.1. The van der Waals surface area contributed by atoms with E-state index in [4.69, 9.17) is 10.5 Å². The molecule has 0 aromatic rings. The third kappa shape index (κ3) is 4.89. The van der Waals surface area contributed by atoms with Gasteiger partial charge in [-0.15, -0.1) is 7.96 Å². The largest absolute Gasteiger partial charge is 0.351 e. The molecule has 0 saturated heterocycles. The van der Waals surface area contributed by atoms with Gasteiger partial charge in [-0.25, -0.2) is 10.5 Å². The second-order valence-corrected chi connectivity index (χ2v) is 2.34. The molecule has 0 rings (SSSR count). The average Bonchev–Trinajstić information content (AvgIpc) is 1.88. The molecule has 8 nitrogen and oxygen atoms in total. The zero-order valence-corrected chi connectivity index (χ0v) is 5.79. The van der Waals surface area contributed by atoms with Crippen molar-refractivity contribution in [3.05, 3.63) is 0 Å². The summed E-state index contributed by atoms with van der Waals surface area (Å²) < 4.78 is 29.9. The molecule has 10 heavy (non-hydrogen) atoms. The molecule has 0 aliphatic heterocycles. The van der Waals surface area contributed by atoms with Crippen molar-refractivity contribution in [1.82, 2.24) is 0 Å². The Morgan fingerprint density at radius 2 is 1.70 bits per heavy atom. The van der Waals surface area contributed by atoms with Gasteiger partial charge in [0.25, 0.3) is 0 Å². The van der Waals surface area contributed by atoms with Gasteiger partial charge < -0.3 is 0 Å². The Kier molecular flexibility index (Phi) is 5.85. The Balaban J connectivity index is 3.47. The minimum Gasteiger partial charge on any atom is -0.235 e. The second kappa shape index (κ2) is 5.82. The first-order chi connectivity index (χ1) is 4.70. The Morgan fingerprint density at radius 3 is 2.10 bits per heavy atom. The molecule has 0 spiro atoms. The van der Waals surface area contributed by atoms with Gasteiger partial charge in [0.1, 0.15) is 0 Å². The van der Waals surface area contributed by atoms with Crippen molar-refractivity contribution in [1.29, 1.82) is 0 Å². The summed E-state index contributed by atoms with van der Waals surface area (Å²) in [6, 6.07) is 0. The highest BCUT2D eigenvalue weighted by molar-refractivity contribution is 7.88. The molecule has 0 fully saturated rings. The highest BCUT2D eigenvalue weighted by Gasteiger charge is 2.08. The molecule has 2 N–H and O–H groups in total. The van der Waals surface area contributed by atoms with Gasteiger partial charge in [-0.1, -0.05) is 9.37 Å². The van der Waals surface area contributed by atoms with Gasteiger partial charge in [0.05, 0.1) is 0 Å². The summed E-state index contributed by atoms with van der Waals surface area (Å²) in [5, 5.41) is 17.8. The third-order valence-corrected chi connectivity index (χ3v) is 1.44. The maximum atomic E-state index is 10.0. The molecular formula is H2O8S2. The molecular weight excluding hydrogens is 192 g/mol. The van der Waals surface area contributed by atoms with Crippen LogP contribution in [0.4, 0.5) is 0 Å². The molecule has 0 heterocycles. The SMILES string of the molecule is O=S(OO)OS(=O)OOO. The smallest absolute Gasteiger partial charge is 0.235 e. The quantitative estimate of drug-likeness (QED) is 0.426. The van der Waals surface area contributed by atoms with Gasteiger partial charge in [-0.3, -0.25) is 0 Å². The normalized spacial score (nSPS) is 16.6. The van der Waals surface area contributed by atoms with Crippen LogP contribution < -0.4 is 0 Å². The average molecular weight is 194 g/mol. The van der Waals surface area contributed by atoms with E-state index in [0.29, 0.717) is 0 Å². The van der Waals surface area contributed by atoms with Crippen molar-refractivity contribution in [2.45, 2.75) is 0 Å². The topological polar surface area (TPSA) is 112 Å². The monoisotopic (exact) mass is 194 g/mol. The lowest BCUT2D eigenvalue weighted by Crippen LogP contribution is -2.05. The van der Waals surface area contributed by atoms with E-state index < -0.39 is 22.7 Å². The van der Waals surface area contributed by atoms with Crippen LogP contribution in [0.15, 0.2) is 0 Å². The molecule has 0 aliphatic rings. The zero-order chi connectivity index (χ0) is 7.98. The minimum atomic E-state index is -2.62. The van der Waals surface area contributed by atoms with Gasteiger partial charge in [0.2, 0.25) is 0 Å². The van der Waals surface area contributed by atoms with Gasteiger partial charge in [-0.05, 0) is 0 Å². The number of rotatable bonds is 5. The maximum Gasteiger partial charge on any atom is 0.351 e. The van der Waals surface area contributed by atoms with Crippen LogP contribution in [0.25, 0.3) is 0 Å². The summed E-state index contributed by atoms with van der Waals surface area (Å²) in [4.78, 5) is 0. The van der Waals surface area contributed by atoms with E-state index in [-0.39, 0.29) is 0 Å². The molecule has 0 amide bonds. The fourth-order valence-corrected chi connectivity index (χ4v) is 0.697. The molecule has 0 bridgehead atoms. The van der Waals surface area contributed by atoms with Crippen LogP contribution in [0.5, 0.6) is 0 Å². The van der Waals surface area contributed by atoms with Crippen molar-refractivity contribution in [2.75, 3.05) is 0 Å². The Labute approximate surface area is 59.8 Å². The summed E-state index contributed by atoms with van der Waals surface area (Å²) in [6.07, 6.45) is 0. The second-order valence-electron chi connectivity index (χ2n) is 0.693. The van der Waals surface area contributed by atoms with Crippen LogP contribution >= 0.6 is 0 Å². The summed E-state index contributed by atoms with van der Waals surface area (Å²) in [5.74, 6) is 0. The molecule has 0 aromatic carbocycles. The standard InChI is InChI=1S/H2O8S2/c1-5-7-10(4)8-9(3)6-2/h1-2H. The Bertz CT molecular complexity index is 127. The lowest BCUT2D eigenvalue weighted by atomic mass is 14.6. The number of hydrogen-bond acceptors (Lipinski definition) is 8. The van der Waals surface area contributed by atoms with E-state index >= 15 is 0 Å². The highest BCUT2D eigenvalue weighted by atomic mass is 32.3. The van der Waals surface area contributed by atoms with E-state index in [1.165, 1.54) is 0 Å². The minimum absolute atomic E-state index is 2.61. The molecule has 10 heteroatoms. The van der Waals surface area contributed by atoms with E-state index in [1.807, 2.05) is 0 Å². The molecule has 0 aromatic heterocycles. The van der Waals surface area contributed by atoms with Crippen LogP contribution in [0.3, 0.4) is 0 Å². The van der Waals surface area contributed by atoms with E-state index in [9.17, 15) is 8.42 Å². The Hall–Kier alpha value is 0.0600. The van der Waals surface area contributed by atoms with Crippen LogP contribution in [-0.2, 0) is 40.1 Å². The molecule has 0 radical (unpaired) electrons. The van der Waals surface area contributed by atoms with Crippen LogP contribution in [0, 0.1) is 0 Å². The first-order valence-electron chi connectivity index (χ1n) is 1.53. The van der Waals surface area contributed by atoms with Crippen molar-refractivity contribution in [2.24, 2.45) is 0 Å². The number of hydrogen-bond donors (Lipinski definition) is 2. The molecule has 0 aliphatic carbocycles. The summed E-state index contributed by atoms with van der Waals surface area (Å²) in [6.45, 7) is 0. The van der Waals surface area contributed by atoms with Crippen LogP contribution in [-0.4, -0.2) is 18.9 Å². The summed E-state index contributed by atoms with van der Waals surface area (Å²) >= 11 is -5.23. The van der Waals surface area contributed by atoms with Gasteiger partial charge >= 0.3 is 22.7 Å². The fraction of sp³-hybridized carbons (Fsp3) is 0. The molecule has 0 saturated carbocycles. The lowest BCUT2D eigenvalue weighted by Gasteiger charge is -1.93. The predicted octanol–water partition coefficient (Wildman–Crippen LogP) is -0.929. The predicted molar refractivity (Wildman–Crippen MR) is 25.9 cm³/mol. The van der Waals surface area contributed by atoms with Gasteiger partial charge in [0.15, 0.2) is 0 Å². The first-order valence-corrected chi connectivity index (χ1v) is 3.53. The molecule has 62 valence electrons. The van der Waals surface area contributed by atoms with Crippen LogP contribution in [0.2, 0.25) is 0 Å². The van der Waals surface area contributed by atoms with E-state index in [1.54, 1.807) is 0 Å². The van der Waals surface area contributed by atoms with Crippen LogP contribution in [0.1, 0.15) is 0 Å². The van der Waals surface area contributed by atoms with Gasteiger partial charge in [0, 0.05) is 0 Å². The highest BCUT2D eigenvalue weighted by Crippen LogP contribution is 1.93. The Morgan fingerprint density at radius 1 is 1.10 bits per heavy atom. The third-order valence-electron chi connectivity index (χ3n) is 0.258.